The molecule has 1 saturated heterocycles. The number of imide groups is 1. The van der Waals surface area contributed by atoms with Gasteiger partial charge in [-0.05, 0) is 34.4 Å². The molecule has 1 aliphatic heterocycles. The van der Waals surface area contributed by atoms with Crippen molar-refractivity contribution in [2.24, 2.45) is 11.8 Å². The van der Waals surface area contributed by atoms with Crippen LogP contribution in [0.15, 0.2) is 73.1 Å². The molecule has 7 rings (SSSR count). The number of carbonyl (C=O) groups is 2. The second-order valence-corrected chi connectivity index (χ2v) is 8.08. The van der Waals surface area contributed by atoms with Gasteiger partial charge in [0.25, 0.3) is 0 Å². The minimum Gasteiger partial charge on any atom is -0.274 e. The van der Waals surface area contributed by atoms with E-state index >= 15 is 0 Å². The predicted molar refractivity (Wildman–Crippen MR) is 105 cm³/mol. The van der Waals surface area contributed by atoms with Gasteiger partial charge in [-0.1, -0.05) is 55.5 Å². The highest BCUT2D eigenvalue weighted by Crippen LogP contribution is 2.63. The molecular formula is C24H18N2O2. The Morgan fingerprint density at radius 1 is 0.857 bits per heavy atom. The van der Waals surface area contributed by atoms with Crippen molar-refractivity contribution in [1.82, 2.24) is 4.98 Å². The van der Waals surface area contributed by atoms with Crippen molar-refractivity contribution in [2.75, 3.05) is 4.90 Å². The Balaban J connectivity index is 1.64. The summed E-state index contributed by atoms with van der Waals surface area (Å²) in [4.78, 5) is 32.7. The van der Waals surface area contributed by atoms with Gasteiger partial charge in [0.1, 0.15) is 0 Å². The van der Waals surface area contributed by atoms with Crippen molar-refractivity contribution in [3.05, 3.63) is 95.3 Å². The molecule has 0 radical (unpaired) electrons. The molecule has 4 aliphatic rings. The summed E-state index contributed by atoms with van der Waals surface area (Å²) in [6.07, 6.45) is 3.25. The maximum absolute atomic E-state index is 13.6. The van der Waals surface area contributed by atoms with Gasteiger partial charge >= 0.3 is 0 Å². The van der Waals surface area contributed by atoms with Gasteiger partial charge < -0.3 is 0 Å². The van der Waals surface area contributed by atoms with Crippen LogP contribution in [0.5, 0.6) is 0 Å². The van der Waals surface area contributed by atoms with Crippen LogP contribution in [0.25, 0.3) is 0 Å². The largest absolute Gasteiger partial charge is 0.274 e. The molecule has 28 heavy (non-hydrogen) atoms. The number of rotatable bonds is 1. The van der Waals surface area contributed by atoms with Gasteiger partial charge in [0.2, 0.25) is 11.8 Å². The number of benzene rings is 2. The van der Waals surface area contributed by atoms with E-state index in [0.29, 0.717) is 5.69 Å². The highest BCUT2D eigenvalue weighted by molar-refractivity contribution is 6.23. The van der Waals surface area contributed by atoms with E-state index in [1.807, 2.05) is 24.3 Å². The van der Waals surface area contributed by atoms with Crippen molar-refractivity contribution < 1.29 is 9.59 Å². The minimum absolute atomic E-state index is 0.0858. The Morgan fingerprint density at radius 2 is 1.50 bits per heavy atom. The highest BCUT2D eigenvalue weighted by Gasteiger charge is 2.66. The Morgan fingerprint density at radius 3 is 2.11 bits per heavy atom. The molecule has 2 atom stereocenters. The van der Waals surface area contributed by atoms with E-state index in [0.717, 1.165) is 0 Å². The first-order valence-electron chi connectivity index (χ1n) is 9.60. The fourth-order valence-corrected chi connectivity index (χ4v) is 5.89. The smallest absolute Gasteiger partial charge is 0.239 e. The van der Waals surface area contributed by atoms with Crippen molar-refractivity contribution in [3.63, 3.8) is 0 Å². The summed E-state index contributed by atoms with van der Waals surface area (Å²) in [6, 6.07) is 20.1. The Hall–Kier alpha value is -3.27. The quantitative estimate of drug-likeness (QED) is 0.618. The molecule has 4 nitrogen and oxygen atoms in total. The third kappa shape index (κ3) is 1.65. The van der Waals surface area contributed by atoms with E-state index in [-0.39, 0.29) is 23.7 Å². The van der Waals surface area contributed by atoms with Crippen molar-refractivity contribution in [2.45, 2.75) is 18.3 Å². The van der Waals surface area contributed by atoms with Crippen LogP contribution < -0.4 is 4.90 Å². The first-order valence-corrected chi connectivity index (χ1v) is 9.60. The van der Waals surface area contributed by atoms with Crippen LogP contribution in [0, 0.1) is 11.8 Å². The molecule has 1 aromatic heterocycles. The lowest BCUT2D eigenvalue weighted by atomic mass is 9.48. The fourth-order valence-electron chi connectivity index (χ4n) is 5.89. The van der Waals surface area contributed by atoms with Crippen LogP contribution in [-0.4, -0.2) is 16.8 Å². The number of pyridine rings is 1. The average molecular weight is 366 g/mol. The van der Waals surface area contributed by atoms with Crippen LogP contribution >= 0.6 is 0 Å². The number of hydrogen-bond acceptors (Lipinski definition) is 3. The van der Waals surface area contributed by atoms with E-state index in [4.69, 9.17) is 0 Å². The molecule has 3 aromatic rings. The van der Waals surface area contributed by atoms with Gasteiger partial charge in [-0.3, -0.25) is 14.6 Å². The summed E-state index contributed by atoms with van der Waals surface area (Å²) in [5.74, 6) is -1.07. The Kier molecular flexibility index (Phi) is 2.91. The summed E-state index contributed by atoms with van der Waals surface area (Å²) < 4.78 is 0. The Labute approximate surface area is 162 Å². The van der Waals surface area contributed by atoms with E-state index < -0.39 is 11.3 Å². The average Bonchev–Trinajstić information content (AvgIpc) is 3.01. The van der Waals surface area contributed by atoms with Crippen LogP contribution in [0.4, 0.5) is 5.69 Å². The number of anilines is 1. The third-order valence-electron chi connectivity index (χ3n) is 6.95. The number of carbonyl (C=O) groups excluding carboxylic acids is 2. The summed E-state index contributed by atoms with van der Waals surface area (Å²) >= 11 is 0. The molecule has 0 N–H and O–H groups in total. The first kappa shape index (κ1) is 15.8. The second kappa shape index (κ2) is 5.16. The molecule has 1 fully saturated rings. The minimum atomic E-state index is -0.518. The van der Waals surface area contributed by atoms with Crippen molar-refractivity contribution >= 4 is 17.5 Å². The van der Waals surface area contributed by atoms with Crippen LogP contribution in [0.1, 0.15) is 35.1 Å². The third-order valence-corrected chi connectivity index (χ3v) is 6.95. The zero-order valence-electron chi connectivity index (χ0n) is 15.4. The standard InChI is InChI=1S/C24H18N2O2/c1-24-17-10-4-2-8-15(17)19(16-9-3-5-11-18(16)24)20-21(24)23(28)26(22(20)27)14-7-6-12-25-13-14/h2-13,19-21H,1H3/t19?,20-,21-,24?/m1/s1. The van der Waals surface area contributed by atoms with Gasteiger partial charge in [0, 0.05) is 17.5 Å². The molecule has 3 aliphatic carbocycles. The maximum atomic E-state index is 13.6. The molecule has 136 valence electrons. The number of amides is 2. The zero-order chi connectivity index (χ0) is 19.0. The number of nitrogens with zero attached hydrogens (tertiary/aromatic N) is 2. The SMILES string of the molecule is CC12c3ccccc3C(c3ccccc31)[C@H]1C(=O)N(c3cccnc3)C(=O)[C@@H]12. The topological polar surface area (TPSA) is 50.3 Å². The summed E-state index contributed by atoms with van der Waals surface area (Å²) in [5.41, 5.74) is 4.75. The van der Waals surface area contributed by atoms with Crippen LogP contribution in [0.2, 0.25) is 0 Å². The number of hydrogen-bond donors (Lipinski definition) is 0. The van der Waals surface area contributed by atoms with Gasteiger partial charge in [0.05, 0.1) is 23.7 Å². The molecule has 2 heterocycles. The van der Waals surface area contributed by atoms with Crippen LogP contribution in [-0.2, 0) is 15.0 Å². The van der Waals surface area contributed by atoms with Crippen molar-refractivity contribution in [3.8, 4) is 0 Å². The molecule has 2 aromatic carbocycles. The fraction of sp³-hybridized carbons (Fsp3) is 0.208. The monoisotopic (exact) mass is 366 g/mol. The second-order valence-electron chi connectivity index (χ2n) is 8.08. The predicted octanol–water partition coefficient (Wildman–Crippen LogP) is 3.65. The molecule has 2 bridgehead atoms. The van der Waals surface area contributed by atoms with Gasteiger partial charge in [-0.15, -0.1) is 0 Å². The maximum Gasteiger partial charge on any atom is 0.239 e. The van der Waals surface area contributed by atoms with Gasteiger partial charge in [-0.2, -0.15) is 0 Å². The molecule has 2 amide bonds. The lowest BCUT2D eigenvalue weighted by Crippen LogP contribution is -2.51. The molecule has 0 saturated carbocycles. The first-order chi connectivity index (χ1) is 13.6. The summed E-state index contributed by atoms with van der Waals surface area (Å²) in [5, 5.41) is 0. The zero-order valence-corrected chi connectivity index (χ0v) is 15.4. The van der Waals surface area contributed by atoms with E-state index in [1.54, 1.807) is 24.5 Å². The molecule has 0 spiro atoms. The lowest BCUT2D eigenvalue weighted by Gasteiger charge is -2.52. The highest BCUT2D eigenvalue weighted by atomic mass is 16.2. The van der Waals surface area contributed by atoms with Gasteiger partial charge in [-0.25, -0.2) is 4.90 Å². The lowest BCUT2D eigenvalue weighted by molar-refractivity contribution is -0.123. The summed E-state index contributed by atoms with van der Waals surface area (Å²) in [7, 11) is 0. The van der Waals surface area contributed by atoms with E-state index in [9.17, 15) is 9.59 Å². The molecular weight excluding hydrogens is 348 g/mol. The van der Waals surface area contributed by atoms with Crippen molar-refractivity contribution in [1.29, 1.82) is 0 Å². The number of aromatic nitrogens is 1. The van der Waals surface area contributed by atoms with Crippen LogP contribution in [0.3, 0.4) is 0 Å². The van der Waals surface area contributed by atoms with Gasteiger partial charge in [0.15, 0.2) is 0 Å². The van der Waals surface area contributed by atoms with E-state index in [1.165, 1.54) is 27.2 Å². The normalized spacial score (nSPS) is 29.5. The molecule has 4 heteroatoms. The summed E-state index contributed by atoms with van der Waals surface area (Å²) in [6.45, 7) is 2.13. The Bertz CT molecular complexity index is 1110. The molecule has 0 unspecified atom stereocenters. The van der Waals surface area contributed by atoms with E-state index in [2.05, 4.69) is 36.2 Å².